The van der Waals surface area contributed by atoms with Gasteiger partial charge in [-0.3, -0.25) is 4.79 Å². The first-order valence-electron chi connectivity index (χ1n) is 5.94. The molecule has 1 N–H and O–H groups in total. The number of allylic oxidation sites excluding steroid dienone is 2. The van der Waals surface area contributed by atoms with Gasteiger partial charge >= 0.3 is 6.18 Å². The minimum atomic E-state index is -4.89. The van der Waals surface area contributed by atoms with Crippen LogP contribution >= 0.6 is 0 Å². The van der Waals surface area contributed by atoms with Gasteiger partial charge in [-0.1, -0.05) is 48.6 Å². The van der Waals surface area contributed by atoms with Crippen molar-refractivity contribution in [3.63, 3.8) is 0 Å². The highest BCUT2D eigenvalue weighted by Crippen LogP contribution is 2.34. The second kappa shape index (κ2) is 6.52. The van der Waals surface area contributed by atoms with Crippen LogP contribution in [0.5, 0.6) is 0 Å². The zero-order valence-electron chi connectivity index (χ0n) is 10.9. The summed E-state index contributed by atoms with van der Waals surface area (Å²) < 4.78 is 38.2. The van der Waals surface area contributed by atoms with Crippen LogP contribution in [-0.2, 0) is 4.79 Å². The van der Waals surface area contributed by atoms with E-state index in [9.17, 15) is 23.1 Å². The van der Waals surface area contributed by atoms with Crippen molar-refractivity contribution >= 4 is 11.9 Å². The number of alkyl halides is 3. The Morgan fingerprint density at radius 2 is 1.80 bits per heavy atom. The van der Waals surface area contributed by atoms with Gasteiger partial charge in [0.2, 0.25) is 0 Å². The number of rotatable bonds is 5. The van der Waals surface area contributed by atoms with Crippen molar-refractivity contribution in [2.75, 3.05) is 0 Å². The summed E-state index contributed by atoms with van der Waals surface area (Å²) in [5.74, 6) is -0.735. The van der Waals surface area contributed by atoms with Gasteiger partial charge in [-0.05, 0) is 18.6 Å². The zero-order valence-corrected chi connectivity index (χ0v) is 10.9. The first-order chi connectivity index (χ1) is 9.24. The fourth-order valence-corrected chi connectivity index (χ4v) is 1.58. The number of hydrogen-bond donors (Lipinski definition) is 1. The molecule has 0 amide bonds. The van der Waals surface area contributed by atoms with Crippen molar-refractivity contribution in [3.8, 4) is 0 Å². The van der Waals surface area contributed by atoms with E-state index in [2.05, 4.69) is 0 Å². The molecule has 0 aliphatic rings. The molecule has 5 heteroatoms. The minimum absolute atomic E-state index is 0.591. The highest BCUT2D eigenvalue weighted by Gasteiger charge is 2.52. The molecule has 0 spiro atoms. The Hall–Kier alpha value is -1.88. The maximum atomic E-state index is 12.7. The molecule has 0 heterocycles. The number of carbonyl (C=O) groups is 1. The van der Waals surface area contributed by atoms with E-state index in [1.807, 2.05) is 6.07 Å². The maximum absolute atomic E-state index is 12.7. The molecular formula is C15H15F3O2. The smallest absolute Gasteiger partial charge is 0.376 e. The molecule has 2 nitrogen and oxygen atoms in total. The zero-order chi connectivity index (χ0) is 15.2. The van der Waals surface area contributed by atoms with Gasteiger partial charge in [0.15, 0.2) is 5.60 Å². The first-order valence-corrected chi connectivity index (χ1v) is 5.94. The van der Waals surface area contributed by atoms with Gasteiger partial charge in [-0.15, -0.1) is 0 Å². The number of Topliss-reactive ketones (excluding diaryl/α,β-unsaturated/α-hetero) is 1. The SMILES string of the molecule is CC(=O)C[C@](O)(/C=C/C=C/c1ccccc1)C(F)(F)F. The van der Waals surface area contributed by atoms with Crippen LogP contribution in [0.1, 0.15) is 18.9 Å². The summed E-state index contributed by atoms with van der Waals surface area (Å²) in [5.41, 5.74) is -2.31. The molecule has 0 fully saturated rings. The van der Waals surface area contributed by atoms with Crippen LogP contribution in [0.4, 0.5) is 13.2 Å². The van der Waals surface area contributed by atoms with E-state index >= 15 is 0 Å². The quantitative estimate of drug-likeness (QED) is 0.840. The van der Waals surface area contributed by atoms with Gasteiger partial charge in [-0.2, -0.15) is 13.2 Å². The van der Waals surface area contributed by atoms with E-state index in [0.29, 0.717) is 6.08 Å². The van der Waals surface area contributed by atoms with Gasteiger partial charge in [0.05, 0.1) is 0 Å². The number of benzene rings is 1. The van der Waals surface area contributed by atoms with E-state index in [0.717, 1.165) is 18.6 Å². The lowest BCUT2D eigenvalue weighted by Crippen LogP contribution is -2.44. The molecule has 1 aromatic rings. The summed E-state index contributed by atoms with van der Waals surface area (Å²) in [6.45, 7) is 1.00. The fraction of sp³-hybridized carbons (Fsp3) is 0.267. The van der Waals surface area contributed by atoms with E-state index in [-0.39, 0.29) is 0 Å². The summed E-state index contributed by atoms with van der Waals surface area (Å²) in [4.78, 5) is 10.8. The van der Waals surface area contributed by atoms with Crippen LogP contribution in [-0.4, -0.2) is 22.7 Å². The molecule has 0 saturated heterocycles. The Kier molecular flexibility index (Phi) is 5.27. The Morgan fingerprint density at radius 3 is 2.30 bits per heavy atom. The normalized spacial score (nSPS) is 15.7. The number of halogens is 3. The number of hydrogen-bond acceptors (Lipinski definition) is 2. The Balaban J connectivity index is 2.83. The molecule has 20 heavy (non-hydrogen) atoms. The molecule has 0 saturated carbocycles. The Bertz CT molecular complexity index is 504. The monoisotopic (exact) mass is 284 g/mol. The van der Waals surface area contributed by atoms with Gasteiger partial charge in [-0.25, -0.2) is 0 Å². The topological polar surface area (TPSA) is 37.3 Å². The molecule has 0 radical (unpaired) electrons. The molecule has 0 aliphatic heterocycles. The van der Waals surface area contributed by atoms with E-state index in [1.165, 1.54) is 6.08 Å². The summed E-state index contributed by atoms with van der Waals surface area (Å²) in [5, 5.41) is 9.55. The second-order valence-electron chi connectivity index (χ2n) is 4.43. The molecule has 0 unspecified atom stereocenters. The minimum Gasteiger partial charge on any atom is -0.376 e. The molecule has 0 aliphatic carbocycles. The predicted octanol–water partition coefficient (Wildman–Crippen LogP) is 3.53. The molecular weight excluding hydrogens is 269 g/mol. The van der Waals surface area contributed by atoms with Crippen molar-refractivity contribution in [2.24, 2.45) is 0 Å². The van der Waals surface area contributed by atoms with Crippen LogP contribution in [0.2, 0.25) is 0 Å². The van der Waals surface area contributed by atoms with Gasteiger partial charge < -0.3 is 5.11 Å². The summed E-state index contributed by atoms with van der Waals surface area (Å²) in [6, 6.07) is 8.99. The third kappa shape index (κ3) is 4.66. The number of ketones is 1. The van der Waals surface area contributed by atoms with Crippen LogP contribution in [0.25, 0.3) is 6.08 Å². The van der Waals surface area contributed by atoms with Crippen molar-refractivity contribution in [2.45, 2.75) is 25.1 Å². The van der Waals surface area contributed by atoms with Crippen LogP contribution < -0.4 is 0 Å². The third-order valence-electron chi connectivity index (χ3n) is 2.58. The average Bonchev–Trinajstić information content (AvgIpc) is 2.34. The van der Waals surface area contributed by atoms with Crippen LogP contribution in [0.15, 0.2) is 48.6 Å². The lowest BCUT2D eigenvalue weighted by molar-refractivity contribution is -0.240. The Morgan fingerprint density at radius 1 is 1.20 bits per heavy atom. The summed E-state index contributed by atoms with van der Waals surface area (Å²) in [7, 11) is 0. The maximum Gasteiger partial charge on any atom is 0.421 e. The molecule has 1 atom stereocenters. The lowest BCUT2D eigenvalue weighted by Gasteiger charge is -2.26. The molecule has 1 rings (SSSR count). The molecule has 0 aromatic heterocycles. The van der Waals surface area contributed by atoms with Gasteiger partial charge in [0, 0.05) is 6.42 Å². The van der Waals surface area contributed by atoms with Gasteiger partial charge in [0.1, 0.15) is 5.78 Å². The van der Waals surface area contributed by atoms with Gasteiger partial charge in [0.25, 0.3) is 0 Å². The highest BCUT2D eigenvalue weighted by atomic mass is 19.4. The third-order valence-corrected chi connectivity index (χ3v) is 2.58. The first kappa shape index (κ1) is 16.2. The second-order valence-corrected chi connectivity index (χ2v) is 4.43. The molecule has 108 valence electrons. The lowest BCUT2D eigenvalue weighted by atomic mass is 9.96. The summed E-state index contributed by atoms with van der Waals surface area (Å²) in [6.07, 6.45) is -1.23. The number of carbonyl (C=O) groups excluding carboxylic acids is 1. The average molecular weight is 284 g/mol. The van der Waals surface area contributed by atoms with Crippen LogP contribution in [0.3, 0.4) is 0 Å². The van der Waals surface area contributed by atoms with E-state index in [1.54, 1.807) is 30.3 Å². The predicted molar refractivity (Wildman–Crippen MR) is 70.9 cm³/mol. The van der Waals surface area contributed by atoms with Crippen molar-refractivity contribution in [3.05, 3.63) is 54.1 Å². The standard InChI is InChI=1S/C15H15F3O2/c1-12(19)11-14(20,15(16,17)18)10-6-5-9-13-7-3-2-4-8-13/h2-10,20H,11H2,1H3/b9-5+,10-6+/t14-/m1/s1. The van der Waals surface area contributed by atoms with E-state index < -0.39 is 24.0 Å². The Labute approximate surface area is 115 Å². The molecule has 1 aromatic carbocycles. The number of aliphatic hydroxyl groups is 1. The van der Waals surface area contributed by atoms with Crippen molar-refractivity contribution in [1.82, 2.24) is 0 Å². The van der Waals surface area contributed by atoms with Crippen molar-refractivity contribution < 1.29 is 23.1 Å². The fourth-order valence-electron chi connectivity index (χ4n) is 1.58. The van der Waals surface area contributed by atoms with Crippen molar-refractivity contribution in [1.29, 1.82) is 0 Å². The summed E-state index contributed by atoms with van der Waals surface area (Å²) >= 11 is 0. The molecule has 0 bridgehead atoms. The van der Waals surface area contributed by atoms with Crippen LogP contribution in [0, 0.1) is 0 Å². The van der Waals surface area contributed by atoms with E-state index in [4.69, 9.17) is 0 Å². The highest BCUT2D eigenvalue weighted by molar-refractivity contribution is 5.77. The largest absolute Gasteiger partial charge is 0.421 e.